The molecule has 12 heteroatoms. The Balaban J connectivity index is 1.62. The van der Waals surface area contributed by atoms with Crippen molar-refractivity contribution in [3.63, 3.8) is 0 Å². The number of rotatable bonds is 17. The first-order valence-electron chi connectivity index (χ1n) is 18.8. The summed E-state index contributed by atoms with van der Waals surface area (Å²) in [6, 6.07) is 22.4. The quantitative estimate of drug-likeness (QED) is 0.0606. The molecule has 0 radical (unpaired) electrons. The zero-order chi connectivity index (χ0) is 42.1. The van der Waals surface area contributed by atoms with E-state index in [1.807, 2.05) is 13.0 Å². The van der Waals surface area contributed by atoms with Gasteiger partial charge in [0, 0.05) is 16.8 Å². The number of Topliss-reactive ketones (excluding diaryl/α,β-unsaturated/α-hetero) is 1. The summed E-state index contributed by atoms with van der Waals surface area (Å²) >= 11 is 6.53. The van der Waals surface area contributed by atoms with Gasteiger partial charge in [0.15, 0.2) is 6.10 Å². The molecule has 0 saturated heterocycles. The van der Waals surface area contributed by atoms with Crippen LogP contribution in [0.25, 0.3) is 0 Å². The first kappa shape index (κ1) is 44.0. The van der Waals surface area contributed by atoms with E-state index in [0.29, 0.717) is 17.9 Å². The van der Waals surface area contributed by atoms with Gasteiger partial charge in [0.1, 0.15) is 11.5 Å². The molecule has 4 aromatic rings. The molecule has 57 heavy (non-hydrogen) atoms. The van der Waals surface area contributed by atoms with Crippen LogP contribution in [-0.2, 0) is 29.9 Å². The standard InChI is InChI=1S/C45H51ClN2O9/c1-10-36(57-37-21-18-30(44(4,5)11-2)25-33(37)45(6,7)12-3)40(50)47-31-19-20-34(46)35(26-31)48-41(51)39(38(49)27-16-14-13-15-17-27)56-32-23-28(42(52)54-8)22-29(24-32)43(53)55-9/h13-26,36,39H,10-12H2,1-9H3,(H,47,50)(H,48,51). The van der Waals surface area contributed by atoms with Crippen molar-refractivity contribution in [1.29, 1.82) is 0 Å². The van der Waals surface area contributed by atoms with Gasteiger partial charge in [0.25, 0.3) is 11.8 Å². The van der Waals surface area contributed by atoms with Crippen LogP contribution in [0.3, 0.4) is 0 Å². The molecule has 0 spiro atoms. The van der Waals surface area contributed by atoms with Crippen LogP contribution in [0.15, 0.2) is 84.9 Å². The van der Waals surface area contributed by atoms with Crippen molar-refractivity contribution in [1.82, 2.24) is 0 Å². The number of hydrogen-bond donors (Lipinski definition) is 2. The number of esters is 2. The maximum atomic E-state index is 14.0. The molecule has 0 aliphatic rings. The van der Waals surface area contributed by atoms with E-state index in [2.05, 4.69) is 64.3 Å². The summed E-state index contributed by atoms with van der Waals surface area (Å²) in [5.74, 6) is -3.17. The Labute approximate surface area is 339 Å². The minimum atomic E-state index is -1.83. The van der Waals surface area contributed by atoms with Crippen molar-refractivity contribution < 1.29 is 42.9 Å². The second-order valence-electron chi connectivity index (χ2n) is 14.8. The highest BCUT2D eigenvalue weighted by Crippen LogP contribution is 2.39. The molecule has 302 valence electrons. The number of ether oxygens (including phenoxy) is 4. The molecule has 0 aromatic heterocycles. The van der Waals surface area contributed by atoms with Crippen LogP contribution in [0.5, 0.6) is 11.5 Å². The summed E-state index contributed by atoms with van der Waals surface area (Å²) in [7, 11) is 2.32. The summed E-state index contributed by atoms with van der Waals surface area (Å²) in [5.41, 5.74) is 2.33. The number of amides is 2. The van der Waals surface area contributed by atoms with Gasteiger partial charge in [-0.3, -0.25) is 14.4 Å². The Kier molecular flexibility index (Phi) is 14.7. The molecule has 2 amide bonds. The molecule has 2 N–H and O–H groups in total. The van der Waals surface area contributed by atoms with Crippen LogP contribution in [0.2, 0.25) is 5.02 Å². The van der Waals surface area contributed by atoms with E-state index in [1.165, 1.54) is 48.0 Å². The summed E-state index contributed by atoms with van der Waals surface area (Å²) in [4.78, 5) is 66.4. The lowest BCUT2D eigenvalue weighted by atomic mass is 9.76. The van der Waals surface area contributed by atoms with Crippen molar-refractivity contribution in [3.05, 3.63) is 118 Å². The summed E-state index contributed by atoms with van der Waals surface area (Å²) in [5, 5.41) is 5.63. The van der Waals surface area contributed by atoms with Gasteiger partial charge in [-0.15, -0.1) is 0 Å². The van der Waals surface area contributed by atoms with Gasteiger partial charge in [-0.2, -0.15) is 0 Å². The Morgan fingerprint density at radius 1 is 0.667 bits per heavy atom. The predicted molar refractivity (Wildman–Crippen MR) is 221 cm³/mol. The zero-order valence-corrected chi connectivity index (χ0v) is 34.7. The van der Waals surface area contributed by atoms with Crippen LogP contribution in [0, 0.1) is 0 Å². The second-order valence-corrected chi connectivity index (χ2v) is 15.2. The molecule has 2 atom stereocenters. The van der Waals surface area contributed by atoms with Crippen molar-refractivity contribution in [2.24, 2.45) is 0 Å². The van der Waals surface area contributed by atoms with Gasteiger partial charge in [-0.25, -0.2) is 9.59 Å². The van der Waals surface area contributed by atoms with E-state index in [4.69, 9.17) is 30.5 Å². The highest BCUT2D eigenvalue weighted by atomic mass is 35.5. The number of nitrogens with one attached hydrogen (secondary N) is 2. The van der Waals surface area contributed by atoms with Crippen molar-refractivity contribution in [2.45, 2.75) is 90.8 Å². The van der Waals surface area contributed by atoms with E-state index in [-0.39, 0.29) is 44.0 Å². The molecule has 2 unspecified atom stereocenters. The molecule has 0 aliphatic heterocycles. The molecule has 0 saturated carbocycles. The van der Waals surface area contributed by atoms with Gasteiger partial charge in [-0.05, 0) is 78.1 Å². The molecule has 0 fully saturated rings. The third-order valence-electron chi connectivity index (χ3n) is 10.2. The SMILES string of the molecule is CCC(Oc1ccc(C(C)(C)CC)cc1C(C)(C)CC)C(=O)Nc1ccc(Cl)c(NC(=O)C(Oc2cc(C(=O)OC)cc(C(=O)OC)c2)C(=O)c2ccccc2)c1. The topological polar surface area (TPSA) is 146 Å². The third kappa shape index (κ3) is 10.8. The van der Waals surface area contributed by atoms with Crippen LogP contribution >= 0.6 is 11.6 Å². The van der Waals surface area contributed by atoms with E-state index in [1.54, 1.807) is 24.3 Å². The maximum absolute atomic E-state index is 14.0. The number of carbonyl (C=O) groups excluding carboxylic acids is 5. The van der Waals surface area contributed by atoms with E-state index >= 15 is 0 Å². The first-order valence-corrected chi connectivity index (χ1v) is 19.2. The van der Waals surface area contributed by atoms with E-state index in [9.17, 15) is 24.0 Å². The van der Waals surface area contributed by atoms with Gasteiger partial charge in [-0.1, -0.05) is 103 Å². The number of benzene rings is 4. The molecular formula is C45H51ClN2O9. The average molecular weight is 799 g/mol. The van der Waals surface area contributed by atoms with Crippen LogP contribution in [-0.4, -0.2) is 56.0 Å². The predicted octanol–water partition coefficient (Wildman–Crippen LogP) is 9.35. The molecule has 4 aromatic carbocycles. The summed E-state index contributed by atoms with van der Waals surface area (Å²) < 4.78 is 22.0. The number of anilines is 2. The van der Waals surface area contributed by atoms with Gasteiger partial charge >= 0.3 is 11.9 Å². The van der Waals surface area contributed by atoms with Crippen LogP contribution in [0.4, 0.5) is 11.4 Å². The lowest BCUT2D eigenvalue weighted by molar-refractivity contribution is -0.123. The Morgan fingerprint density at radius 3 is 1.84 bits per heavy atom. The minimum absolute atomic E-state index is 0.0368. The van der Waals surface area contributed by atoms with E-state index < -0.39 is 41.7 Å². The van der Waals surface area contributed by atoms with Crippen LogP contribution < -0.4 is 20.1 Å². The number of methoxy groups -OCH3 is 2. The Bertz CT molecular complexity index is 2080. The number of carbonyl (C=O) groups is 5. The highest BCUT2D eigenvalue weighted by Gasteiger charge is 2.32. The smallest absolute Gasteiger partial charge is 0.338 e. The average Bonchev–Trinajstić information content (AvgIpc) is 3.22. The van der Waals surface area contributed by atoms with Crippen LogP contribution in [0.1, 0.15) is 110 Å². The fraction of sp³-hybridized carbons (Fsp3) is 0.356. The van der Waals surface area contributed by atoms with E-state index in [0.717, 1.165) is 32.6 Å². The molecule has 4 rings (SSSR count). The van der Waals surface area contributed by atoms with Gasteiger partial charge in [0.05, 0.1) is 36.1 Å². The van der Waals surface area contributed by atoms with Gasteiger partial charge < -0.3 is 29.6 Å². The number of hydrogen-bond acceptors (Lipinski definition) is 9. The zero-order valence-electron chi connectivity index (χ0n) is 33.9. The largest absolute Gasteiger partial charge is 0.480 e. The van der Waals surface area contributed by atoms with Gasteiger partial charge in [0.2, 0.25) is 11.9 Å². The fourth-order valence-electron chi connectivity index (χ4n) is 5.83. The van der Waals surface area contributed by atoms with Crippen molar-refractivity contribution in [2.75, 3.05) is 24.9 Å². The lowest BCUT2D eigenvalue weighted by Crippen LogP contribution is -2.40. The lowest BCUT2D eigenvalue weighted by Gasteiger charge is -2.31. The minimum Gasteiger partial charge on any atom is -0.480 e. The summed E-state index contributed by atoms with van der Waals surface area (Å²) in [6.07, 6.45) is -0.491. The van der Waals surface area contributed by atoms with Crippen molar-refractivity contribution >= 4 is 52.5 Å². The molecule has 0 heterocycles. The van der Waals surface area contributed by atoms with Crippen molar-refractivity contribution in [3.8, 4) is 11.5 Å². The molecule has 0 aliphatic carbocycles. The summed E-state index contributed by atoms with van der Waals surface area (Å²) in [6.45, 7) is 14.9. The maximum Gasteiger partial charge on any atom is 0.338 e. The fourth-order valence-corrected chi connectivity index (χ4v) is 5.99. The monoisotopic (exact) mass is 798 g/mol. The highest BCUT2D eigenvalue weighted by molar-refractivity contribution is 6.34. The number of halogens is 1. The number of ketones is 1. The first-order chi connectivity index (χ1) is 27.0. The molecular weight excluding hydrogens is 748 g/mol. The third-order valence-corrected chi connectivity index (χ3v) is 10.5. The Morgan fingerprint density at radius 2 is 1.28 bits per heavy atom. The normalized spacial score (nSPS) is 12.5. The molecule has 11 nitrogen and oxygen atoms in total. The molecule has 0 bridgehead atoms. The Hall–Kier alpha value is -5.68. The second kappa shape index (κ2) is 19.0.